The molecular formula is C14H26N4. The standard InChI is InChI=1S/C14H26N4/c1-11(2)14-12(9-18(4)16-14)8-15-13-6-5-7-17(3)10-13/h9,11,13,15H,5-8,10H2,1-4H3. The Bertz CT molecular complexity index is 383. The van der Waals surface area contributed by atoms with Gasteiger partial charge >= 0.3 is 0 Å². The van der Waals surface area contributed by atoms with Gasteiger partial charge in [0.1, 0.15) is 0 Å². The molecule has 0 amide bonds. The van der Waals surface area contributed by atoms with E-state index in [0.717, 1.165) is 13.1 Å². The molecule has 2 rings (SSSR count). The van der Waals surface area contributed by atoms with Crippen molar-refractivity contribution in [3.05, 3.63) is 17.5 Å². The molecule has 0 aromatic carbocycles. The van der Waals surface area contributed by atoms with E-state index in [2.05, 4.69) is 42.4 Å². The van der Waals surface area contributed by atoms with Gasteiger partial charge in [-0.3, -0.25) is 4.68 Å². The summed E-state index contributed by atoms with van der Waals surface area (Å²) in [6.07, 6.45) is 4.74. The molecule has 4 nitrogen and oxygen atoms in total. The van der Waals surface area contributed by atoms with Crippen LogP contribution in [0.15, 0.2) is 6.20 Å². The van der Waals surface area contributed by atoms with Gasteiger partial charge in [-0.15, -0.1) is 0 Å². The predicted octanol–water partition coefficient (Wildman–Crippen LogP) is 1.73. The summed E-state index contributed by atoms with van der Waals surface area (Å²) in [5.74, 6) is 0.497. The van der Waals surface area contributed by atoms with Gasteiger partial charge in [0.05, 0.1) is 5.69 Å². The maximum Gasteiger partial charge on any atom is 0.0694 e. The van der Waals surface area contributed by atoms with Crippen LogP contribution in [0.2, 0.25) is 0 Å². The fourth-order valence-corrected chi connectivity index (χ4v) is 2.76. The molecule has 1 aromatic rings. The predicted molar refractivity (Wildman–Crippen MR) is 74.7 cm³/mol. The van der Waals surface area contributed by atoms with E-state index in [4.69, 9.17) is 0 Å². The van der Waals surface area contributed by atoms with Crippen LogP contribution in [0.4, 0.5) is 0 Å². The molecule has 1 aliphatic heterocycles. The van der Waals surface area contributed by atoms with Crippen molar-refractivity contribution >= 4 is 0 Å². The lowest BCUT2D eigenvalue weighted by atomic mass is 10.0. The van der Waals surface area contributed by atoms with Crippen LogP contribution >= 0.6 is 0 Å². The van der Waals surface area contributed by atoms with Gasteiger partial charge in [0.25, 0.3) is 0 Å². The number of likely N-dealkylation sites (N-methyl/N-ethyl adjacent to an activating group) is 1. The van der Waals surface area contributed by atoms with Gasteiger partial charge in [-0.1, -0.05) is 13.8 Å². The number of likely N-dealkylation sites (tertiary alicyclic amines) is 1. The Balaban J connectivity index is 1.93. The quantitative estimate of drug-likeness (QED) is 0.883. The summed E-state index contributed by atoms with van der Waals surface area (Å²) in [6.45, 7) is 7.76. The highest BCUT2D eigenvalue weighted by atomic mass is 15.3. The van der Waals surface area contributed by atoms with Crippen molar-refractivity contribution in [3.8, 4) is 0 Å². The number of piperidine rings is 1. The molecule has 0 aliphatic carbocycles. The van der Waals surface area contributed by atoms with Crippen molar-refractivity contribution in [2.75, 3.05) is 20.1 Å². The highest BCUT2D eigenvalue weighted by Gasteiger charge is 2.18. The van der Waals surface area contributed by atoms with Crippen LogP contribution in [0.1, 0.15) is 43.9 Å². The van der Waals surface area contributed by atoms with Gasteiger partial charge in [-0.2, -0.15) is 5.10 Å². The monoisotopic (exact) mass is 250 g/mol. The molecule has 0 saturated carbocycles. The van der Waals surface area contributed by atoms with Crippen LogP contribution in [0.3, 0.4) is 0 Å². The molecule has 1 atom stereocenters. The molecule has 102 valence electrons. The number of hydrogen-bond donors (Lipinski definition) is 1. The summed E-state index contributed by atoms with van der Waals surface area (Å²) in [5, 5.41) is 8.24. The van der Waals surface area contributed by atoms with E-state index in [1.807, 2.05) is 11.7 Å². The summed E-state index contributed by atoms with van der Waals surface area (Å²) in [7, 11) is 4.21. The number of aryl methyl sites for hydroxylation is 1. The zero-order valence-electron chi connectivity index (χ0n) is 12.1. The van der Waals surface area contributed by atoms with Crippen LogP contribution in [-0.4, -0.2) is 40.9 Å². The van der Waals surface area contributed by atoms with E-state index in [-0.39, 0.29) is 0 Å². The fraction of sp³-hybridized carbons (Fsp3) is 0.786. The number of rotatable bonds is 4. The maximum atomic E-state index is 4.56. The van der Waals surface area contributed by atoms with E-state index in [0.29, 0.717) is 12.0 Å². The van der Waals surface area contributed by atoms with E-state index >= 15 is 0 Å². The molecule has 1 unspecified atom stereocenters. The minimum Gasteiger partial charge on any atom is -0.309 e. The Labute approximate surface area is 110 Å². The summed E-state index contributed by atoms with van der Waals surface area (Å²) < 4.78 is 1.93. The lowest BCUT2D eigenvalue weighted by Crippen LogP contribution is -2.43. The SMILES string of the molecule is CC(C)c1nn(C)cc1CNC1CCCN(C)C1. The second-order valence-corrected chi connectivity index (χ2v) is 5.85. The third-order valence-electron chi connectivity index (χ3n) is 3.69. The van der Waals surface area contributed by atoms with Gasteiger partial charge in [-0.05, 0) is 32.4 Å². The molecular weight excluding hydrogens is 224 g/mol. The maximum absolute atomic E-state index is 4.56. The average molecular weight is 250 g/mol. The second-order valence-electron chi connectivity index (χ2n) is 5.85. The second kappa shape index (κ2) is 5.85. The smallest absolute Gasteiger partial charge is 0.0694 e. The zero-order chi connectivity index (χ0) is 13.1. The molecule has 1 aliphatic rings. The topological polar surface area (TPSA) is 33.1 Å². The van der Waals surface area contributed by atoms with E-state index in [1.54, 1.807) is 0 Å². The normalized spacial score (nSPS) is 21.7. The van der Waals surface area contributed by atoms with Crippen LogP contribution in [-0.2, 0) is 13.6 Å². The Morgan fingerprint density at radius 1 is 1.44 bits per heavy atom. The largest absolute Gasteiger partial charge is 0.309 e. The van der Waals surface area contributed by atoms with Gasteiger partial charge in [0, 0.05) is 37.9 Å². The average Bonchev–Trinajstić information content (AvgIpc) is 2.68. The van der Waals surface area contributed by atoms with E-state index < -0.39 is 0 Å². The van der Waals surface area contributed by atoms with Crippen LogP contribution in [0.5, 0.6) is 0 Å². The number of hydrogen-bond acceptors (Lipinski definition) is 3. The van der Waals surface area contributed by atoms with Gasteiger partial charge < -0.3 is 10.2 Å². The molecule has 1 saturated heterocycles. The van der Waals surface area contributed by atoms with Crippen molar-refractivity contribution in [1.29, 1.82) is 0 Å². The fourth-order valence-electron chi connectivity index (χ4n) is 2.76. The number of nitrogens with one attached hydrogen (secondary N) is 1. The molecule has 1 aromatic heterocycles. The minimum absolute atomic E-state index is 0.497. The first kappa shape index (κ1) is 13.6. The Kier molecular flexibility index (Phi) is 4.40. The van der Waals surface area contributed by atoms with Gasteiger partial charge in [0.2, 0.25) is 0 Å². The summed E-state index contributed by atoms with van der Waals surface area (Å²) in [6, 6.07) is 0.629. The molecule has 0 spiro atoms. The highest BCUT2D eigenvalue weighted by Crippen LogP contribution is 2.17. The van der Waals surface area contributed by atoms with Crippen molar-refractivity contribution in [1.82, 2.24) is 20.0 Å². The van der Waals surface area contributed by atoms with Gasteiger partial charge in [0.15, 0.2) is 0 Å². The summed E-state index contributed by atoms with van der Waals surface area (Å²) in [5.41, 5.74) is 2.58. The number of aromatic nitrogens is 2. The summed E-state index contributed by atoms with van der Waals surface area (Å²) >= 11 is 0. The Hall–Kier alpha value is -0.870. The summed E-state index contributed by atoms with van der Waals surface area (Å²) in [4.78, 5) is 2.41. The van der Waals surface area contributed by atoms with E-state index in [1.165, 1.54) is 30.6 Å². The Morgan fingerprint density at radius 3 is 2.89 bits per heavy atom. The molecule has 18 heavy (non-hydrogen) atoms. The number of nitrogens with zero attached hydrogens (tertiary/aromatic N) is 3. The lowest BCUT2D eigenvalue weighted by molar-refractivity contribution is 0.226. The molecule has 2 heterocycles. The van der Waals surface area contributed by atoms with Crippen LogP contribution < -0.4 is 5.32 Å². The first-order chi connectivity index (χ1) is 8.56. The van der Waals surface area contributed by atoms with Gasteiger partial charge in [-0.25, -0.2) is 0 Å². The third-order valence-corrected chi connectivity index (χ3v) is 3.69. The Morgan fingerprint density at radius 2 is 2.22 bits per heavy atom. The van der Waals surface area contributed by atoms with Crippen molar-refractivity contribution < 1.29 is 0 Å². The van der Waals surface area contributed by atoms with Crippen LogP contribution in [0, 0.1) is 0 Å². The molecule has 1 N–H and O–H groups in total. The highest BCUT2D eigenvalue weighted by molar-refractivity contribution is 5.20. The molecule has 0 radical (unpaired) electrons. The minimum atomic E-state index is 0.497. The lowest BCUT2D eigenvalue weighted by Gasteiger charge is -2.30. The zero-order valence-corrected chi connectivity index (χ0v) is 12.1. The first-order valence-electron chi connectivity index (χ1n) is 7.00. The van der Waals surface area contributed by atoms with Crippen molar-refractivity contribution in [3.63, 3.8) is 0 Å². The molecule has 1 fully saturated rings. The first-order valence-corrected chi connectivity index (χ1v) is 7.00. The van der Waals surface area contributed by atoms with Crippen LogP contribution in [0.25, 0.3) is 0 Å². The van der Waals surface area contributed by atoms with E-state index in [9.17, 15) is 0 Å². The third kappa shape index (κ3) is 3.33. The van der Waals surface area contributed by atoms with Crippen molar-refractivity contribution in [2.24, 2.45) is 7.05 Å². The molecule has 0 bridgehead atoms. The van der Waals surface area contributed by atoms with Crippen molar-refractivity contribution in [2.45, 2.75) is 45.2 Å². The molecule has 4 heteroatoms.